The second-order valence-electron chi connectivity index (χ2n) is 4.88. The van der Waals surface area contributed by atoms with E-state index in [0.717, 1.165) is 19.3 Å². The molecule has 0 aliphatic carbocycles. The zero-order chi connectivity index (χ0) is 15.3. The van der Waals surface area contributed by atoms with Crippen molar-refractivity contribution >= 4 is 15.9 Å². The van der Waals surface area contributed by atoms with E-state index in [0.29, 0.717) is 18.7 Å². The molecule has 1 N–H and O–H groups in total. The van der Waals surface area contributed by atoms with Crippen LogP contribution >= 0.6 is 0 Å². The summed E-state index contributed by atoms with van der Waals surface area (Å²) in [6.45, 7) is 1.19. The Kier molecular flexibility index (Phi) is 4.99. The van der Waals surface area contributed by atoms with Gasteiger partial charge in [-0.3, -0.25) is 4.79 Å². The SMILES string of the molecule is C#CCNC(=O)c1cccc(S(=O)(=O)N2CCCCC2)c1. The number of carbonyl (C=O) groups excluding carboxylic acids is 1. The average molecular weight is 306 g/mol. The van der Waals surface area contributed by atoms with Crippen molar-refractivity contribution in [2.24, 2.45) is 0 Å². The quantitative estimate of drug-likeness (QED) is 0.851. The Morgan fingerprint density at radius 1 is 1.29 bits per heavy atom. The number of hydrogen-bond donors (Lipinski definition) is 1. The number of piperidine rings is 1. The van der Waals surface area contributed by atoms with Crippen molar-refractivity contribution in [1.82, 2.24) is 9.62 Å². The fourth-order valence-corrected chi connectivity index (χ4v) is 3.85. The number of benzene rings is 1. The van der Waals surface area contributed by atoms with Gasteiger partial charge in [0.15, 0.2) is 0 Å². The summed E-state index contributed by atoms with van der Waals surface area (Å²) >= 11 is 0. The number of amides is 1. The Bertz CT molecular complexity index is 656. The molecule has 0 unspecified atom stereocenters. The van der Waals surface area contributed by atoms with Crippen molar-refractivity contribution in [3.8, 4) is 12.3 Å². The highest BCUT2D eigenvalue weighted by Crippen LogP contribution is 2.21. The van der Waals surface area contributed by atoms with E-state index in [2.05, 4.69) is 11.2 Å². The molecule has 0 aromatic heterocycles. The number of rotatable bonds is 4. The van der Waals surface area contributed by atoms with Gasteiger partial charge in [-0.25, -0.2) is 8.42 Å². The molecule has 5 nitrogen and oxygen atoms in total. The Balaban J connectivity index is 2.24. The molecular formula is C15H18N2O3S. The summed E-state index contributed by atoms with van der Waals surface area (Å²) in [5, 5.41) is 2.52. The van der Waals surface area contributed by atoms with Gasteiger partial charge in [-0.15, -0.1) is 6.42 Å². The molecule has 0 bridgehead atoms. The molecule has 2 rings (SSSR count). The molecule has 21 heavy (non-hydrogen) atoms. The third-order valence-electron chi connectivity index (χ3n) is 3.40. The van der Waals surface area contributed by atoms with Gasteiger partial charge in [0.2, 0.25) is 10.0 Å². The molecule has 0 radical (unpaired) electrons. The minimum absolute atomic E-state index is 0.113. The van der Waals surface area contributed by atoms with E-state index in [1.165, 1.54) is 16.4 Å². The molecule has 1 aromatic carbocycles. The summed E-state index contributed by atoms with van der Waals surface area (Å²) in [7, 11) is -3.53. The van der Waals surface area contributed by atoms with E-state index in [1.54, 1.807) is 12.1 Å². The standard InChI is InChI=1S/C15H18N2O3S/c1-2-9-16-15(18)13-7-6-8-14(12-13)21(19,20)17-10-4-3-5-11-17/h1,6-8,12H,3-5,9-11H2,(H,16,18). The summed E-state index contributed by atoms with van der Waals surface area (Å²) in [6, 6.07) is 6.06. The van der Waals surface area contributed by atoms with Crippen molar-refractivity contribution in [2.75, 3.05) is 19.6 Å². The maximum Gasteiger partial charge on any atom is 0.252 e. The van der Waals surface area contributed by atoms with Gasteiger partial charge in [0.1, 0.15) is 0 Å². The van der Waals surface area contributed by atoms with Crippen LogP contribution in [0.5, 0.6) is 0 Å². The van der Waals surface area contributed by atoms with Gasteiger partial charge in [0.25, 0.3) is 5.91 Å². The number of nitrogens with one attached hydrogen (secondary N) is 1. The largest absolute Gasteiger partial charge is 0.341 e. The van der Waals surface area contributed by atoms with Crippen LogP contribution in [0.2, 0.25) is 0 Å². The van der Waals surface area contributed by atoms with Crippen molar-refractivity contribution in [3.63, 3.8) is 0 Å². The van der Waals surface area contributed by atoms with Gasteiger partial charge < -0.3 is 5.32 Å². The van der Waals surface area contributed by atoms with E-state index < -0.39 is 10.0 Å². The van der Waals surface area contributed by atoms with Gasteiger partial charge in [-0.1, -0.05) is 18.4 Å². The van der Waals surface area contributed by atoms with Crippen LogP contribution in [0.25, 0.3) is 0 Å². The van der Waals surface area contributed by atoms with Crippen molar-refractivity contribution in [1.29, 1.82) is 0 Å². The van der Waals surface area contributed by atoms with Crippen LogP contribution in [0.4, 0.5) is 0 Å². The van der Waals surface area contributed by atoms with E-state index in [4.69, 9.17) is 6.42 Å². The number of sulfonamides is 1. The molecular weight excluding hydrogens is 288 g/mol. The first-order valence-electron chi connectivity index (χ1n) is 6.87. The van der Waals surface area contributed by atoms with E-state index >= 15 is 0 Å². The van der Waals surface area contributed by atoms with Crippen LogP contribution in [0.15, 0.2) is 29.2 Å². The van der Waals surface area contributed by atoms with Gasteiger partial charge in [-0.05, 0) is 31.0 Å². The summed E-state index contributed by atoms with van der Waals surface area (Å²) in [5.41, 5.74) is 0.295. The zero-order valence-corrected chi connectivity index (χ0v) is 12.5. The molecule has 1 amide bonds. The third kappa shape index (κ3) is 3.63. The normalized spacial score (nSPS) is 16.1. The first-order valence-corrected chi connectivity index (χ1v) is 8.31. The lowest BCUT2D eigenvalue weighted by molar-refractivity contribution is 0.0958. The Labute approximate surface area is 125 Å². The molecule has 1 aromatic rings. The van der Waals surface area contributed by atoms with Crippen LogP contribution in [0.1, 0.15) is 29.6 Å². The first kappa shape index (κ1) is 15.5. The predicted molar refractivity (Wildman–Crippen MR) is 80.2 cm³/mol. The molecule has 0 atom stereocenters. The molecule has 112 valence electrons. The number of terminal acetylenes is 1. The minimum atomic E-state index is -3.53. The second-order valence-corrected chi connectivity index (χ2v) is 6.82. The fraction of sp³-hybridized carbons (Fsp3) is 0.400. The van der Waals surface area contributed by atoms with Gasteiger partial charge in [-0.2, -0.15) is 4.31 Å². The Hall–Kier alpha value is -1.84. The number of nitrogens with zero attached hydrogens (tertiary/aromatic N) is 1. The maximum atomic E-state index is 12.5. The highest BCUT2D eigenvalue weighted by Gasteiger charge is 2.26. The summed E-state index contributed by atoms with van der Waals surface area (Å²) < 4.78 is 26.6. The molecule has 1 aliphatic rings. The molecule has 1 fully saturated rings. The minimum Gasteiger partial charge on any atom is -0.341 e. The topological polar surface area (TPSA) is 66.5 Å². The van der Waals surface area contributed by atoms with Crippen LogP contribution in [0, 0.1) is 12.3 Å². The highest BCUT2D eigenvalue weighted by atomic mass is 32.2. The lowest BCUT2D eigenvalue weighted by Gasteiger charge is -2.26. The molecule has 6 heteroatoms. The zero-order valence-electron chi connectivity index (χ0n) is 11.7. The number of hydrogen-bond acceptors (Lipinski definition) is 3. The Morgan fingerprint density at radius 2 is 2.00 bits per heavy atom. The molecule has 1 heterocycles. The smallest absolute Gasteiger partial charge is 0.252 e. The first-order chi connectivity index (χ1) is 10.1. The maximum absolute atomic E-state index is 12.5. The van der Waals surface area contributed by atoms with Gasteiger partial charge >= 0.3 is 0 Å². The van der Waals surface area contributed by atoms with Crippen molar-refractivity contribution in [3.05, 3.63) is 29.8 Å². The monoisotopic (exact) mass is 306 g/mol. The van der Waals surface area contributed by atoms with Crippen LogP contribution in [-0.4, -0.2) is 38.3 Å². The molecule has 0 saturated carbocycles. The molecule has 1 saturated heterocycles. The molecule has 1 aliphatic heterocycles. The predicted octanol–water partition coefficient (Wildman–Crippen LogP) is 1.22. The van der Waals surface area contributed by atoms with Crippen LogP contribution < -0.4 is 5.32 Å². The second kappa shape index (κ2) is 6.74. The third-order valence-corrected chi connectivity index (χ3v) is 5.29. The summed E-state index contributed by atoms with van der Waals surface area (Å²) in [5.74, 6) is 1.93. The summed E-state index contributed by atoms with van der Waals surface area (Å²) in [4.78, 5) is 12.0. The van der Waals surface area contributed by atoms with E-state index in [1.807, 2.05) is 0 Å². The van der Waals surface area contributed by atoms with Crippen molar-refractivity contribution < 1.29 is 13.2 Å². The van der Waals surface area contributed by atoms with E-state index in [9.17, 15) is 13.2 Å². The highest BCUT2D eigenvalue weighted by molar-refractivity contribution is 7.89. The summed E-state index contributed by atoms with van der Waals surface area (Å²) in [6.07, 6.45) is 7.89. The van der Waals surface area contributed by atoms with Gasteiger partial charge in [0, 0.05) is 18.7 Å². The lowest BCUT2D eigenvalue weighted by atomic mass is 10.2. The molecule has 0 spiro atoms. The fourth-order valence-electron chi connectivity index (χ4n) is 2.29. The van der Waals surface area contributed by atoms with Crippen LogP contribution in [-0.2, 0) is 10.0 Å². The average Bonchev–Trinajstić information content (AvgIpc) is 2.53. The van der Waals surface area contributed by atoms with E-state index in [-0.39, 0.29) is 17.3 Å². The van der Waals surface area contributed by atoms with Crippen LogP contribution in [0.3, 0.4) is 0 Å². The van der Waals surface area contributed by atoms with Gasteiger partial charge in [0.05, 0.1) is 11.4 Å². The Morgan fingerprint density at radius 3 is 2.67 bits per heavy atom. The van der Waals surface area contributed by atoms with Crippen molar-refractivity contribution in [2.45, 2.75) is 24.2 Å². The number of carbonyl (C=O) groups is 1. The lowest BCUT2D eigenvalue weighted by Crippen LogP contribution is -2.35.